The molecule has 0 aromatic carbocycles. The molecule has 0 spiro atoms. The maximum absolute atomic E-state index is 5.47. The van der Waals surface area contributed by atoms with Gasteiger partial charge in [-0.1, -0.05) is 20.8 Å². The lowest BCUT2D eigenvalue weighted by molar-refractivity contribution is 0.246. The van der Waals surface area contributed by atoms with E-state index in [9.17, 15) is 0 Å². The zero-order valence-electron chi connectivity index (χ0n) is 11.8. The zero-order valence-corrected chi connectivity index (χ0v) is 11.8. The van der Waals surface area contributed by atoms with Crippen LogP contribution in [0.3, 0.4) is 0 Å². The van der Waals surface area contributed by atoms with Gasteiger partial charge in [0, 0.05) is 6.54 Å². The SMILES string of the molecule is CN(C)C(CNCCC(C)(C)C)c1ccco1. The maximum Gasteiger partial charge on any atom is 0.122 e. The molecule has 1 aromatic rings. The average Bonchev–Trinajstić information content (AvgIpc) is 2.68. The van der Waals surface area contributed by atoms with Gasteiger partial charge >= 0.3 is 0 Å². The number of rotatable bonds is 6. The van der Waals surface area contributed by atoms with Crippen LogP contribution in [0.2, 0.25) is 0 Å². The molecule has 1 atom stereocenters. The molecule has 0 aliphatic carbocycles. The lowest BCUT2D eigenvalue weighted by Crippen LogP contribution is -2.32. The summed E-state index contributed by atoms with van der Waals surface area (Å²) >= 11 is 0. The fourth-order valence-electron chi connectivity index (χ4n) is 1.72. The normalized spacial score (nSPS) is 14.2. The molecule has 0 saturated heterocycles. The van der Waals surface area contributed by atoms with E-state index in [1.54, 1.807) is 6.26 Å². The first kappa shape index (κ1) is 14.3. The van der Waals surface area contributed by atoms with Crippen LogP contribution in [0.25, 0.3) is 0 Å². The van der Waals surface area contributed by atoms with Gasteiger partial charge in [-0.2, -0.15) is 0 Å². The third kappa shape index (κ3) is 5.37. The lowest BCUT2D eigenvalue weighted by Gasteiger charge is -2.24. The molecule has 0 aliphatic heterocycles. The lowest BCUT2D eigenvalue weighted by atomic mass is 9.92. The Balaban J connectivity index is 2.37. The predicted octanol–water partition coefficient (Wildman–Crippen LogP) is 2.91. The van der Waals surface area contributed by atoms with Crippen LogP contribution in [0.5, 0.6) is 0 Å². The van der Waals surface area contributed by atoms with E-state index in [1.165, 1.54) is 6.42 Å². The van der Waals surface area contributed by atoms with Crippen molar-refractivity contribution in [3.05, 3.63) is 24.2 Å². The predicted molar refractivity (Wildman–Crippen MR) is 72.1 cm³/mol. The highest BCUT2D eigenvalue weighted by molar-refractivity contribution is 5.04. The third-order valence-electron chi connectivity index (χ3n) is 2.88. The van der Waals surface area contributed by atoms with E-state index >= 15 is 0 Å². The molecule has 1 rings (SSSR count). The third-order valence-corrected chi connectivity index (χ3v) is 2.88. The Kier molecular flexibility index (Phi) is 5.22. The summed E-state index contributed by atoms with van der Waals surface area (Å²) in [6.07, 6.45) is 2.92. The molecule has 3 heteroatoms. The number of nitrogens with one attached hydrogen (secondary N) is 1. The number of hydrogen-bond donors (Lipinski definition) is 1. The number of furan rings is 1. The summed E-state index contributed by atoms with van der Waals surface area (Å²) in [4.78, 5) is 2.18. The molecule has 0 saturated carbocycles. The van der Waals surface area contributed by atoms with Gasteiger partial charge in [-0.05, 0) is 44.6 Å². The molecule has 3 nitrogen and oxygen atoms in total. The molecule has 98 valence electrons. The monoisotopic (exact) mass is 238 g/mol. The fraction of sp³-hybridized carbons (Fsp3) is 0.714. The second kappa shape index (κ2) is 6.22. The highest BCUT2D eigenvalue weighted by Crippen LogP contribution is 2.19. The minimum Gasteiger partial charge on any atom is -0.468 e. The summed E-state index contributed by atoms with van der Waals surface area (Å²) in [5.41, 5.74) is 0.394. The van der Waals surface area contributed by atoms with Crippen LogP contribution in [0.4, 0.5) is 0 Å². The van der Waals surface area contributed by atoms with Gasteiger partial charge in [0.2, 0.25) is 0 Å². The summed E-state index contributed by atoms with van der Waals surface area (Å²) in [6, 6.07) is 4.29. The van der Waals surface area contributed by atoms with Crippen LogP contribution in [0.15, 0.2) is 22.8 Å². The van der Waals surface area contributed by atoms with Gasteiger partial charge in [0.15, 0.2) is 0 Å². The van der Waals surface area contributed by atoms with Crippen molar-refractivity contribution in [2.24, 2.45) is 5.41 Å². The van der Waals surface area contributed by atoms with E-state index in [0.717, 1.165) is 18.8 Å². The van der Waals surface area contributed by atoms with E-state index < -0.39 is 0 Å². The molecule has 1 N–H and O–H groups in total. The minimum atomic E-state index is 0.310. The van der Waals surface area contributed by atoms with Crippen LogP contribution < -0.4 is 5.32 Å². The van der Waals surface area contributed by atoms with Crippen molar-refractivity contribution < 1.29 is 4.42 Å². The minimum absolute atomic E-state index is 0.310. The first-order valence-electron chi connectivity index (χ1n) is 6.31. The van der Waals surface area contributed by atoms with Crippen molar-refractivity contribution in [2.45, 2.75) is 33.2 Å². The quantitative estimate of drug-likeness (QED) is 0.772. The van der Waals surface area contributed by atoms with Gasteiger partial charge in [0.25, 0.3) is 0 Å². The second-order valence-corrected chi connectivity index (χ2v) is 6.01. The van der Waals surface area contributed by atoms with Crippen molar-refractivity contribution in [1.29, 1.82) is 0 Å². The van der Waals surface area contributed by atoms with Gasteiger partial charge in [0.1, 0.15) is 5.76 Å². The summed E-state index contributed by atoms with van der Waals surface area (Å²) in [5.74, 6) is 1.03. The molecule has 1 aromatic heterocycles. The van der Waals surface area contributed by atoms with E-state index in [1.807, 2.05) is 12.1 Å². The smallest absolute Gasteiger partial charge is 0.122 e. The van der Waals surface area contributed by atoms with Crippen LogP contribution in [-0.2, 0) is 0 Å². The Morgan fingerprint density at radius 1 is 1.35 bits per heavy atom. The first-order chi connectivity index (χ1) is 7.90. The Morgan fingerprint density at radius 2 is 2.06 bits per heavy atom. The Labute approximate surface area is 105 Å². The Hall–Kier alpha value is -0.800. The molecule has 17 heavy (non-hydrogen) atoms. The number of nitrogens with zero attached hydrogens (tertiary/aromatic N) is 1. The highest BCUT2D eigenvalue weighted by atomic mass is 16.3. The summed E-state index contributed by atoms with van der Waals surface area (Å²) in [6.45, 7) is 8.78. The number of likely N-dealkylation sites (N-methyl/N-ethyl adjacent to an activating group) is 1. The van der Waals surface area contributed by atoms with E-state index in [4.69, 9.17) is 4.42 Å². The van der Waals surface area contributed by atoms with Gasteiger partial charge < -0.3 is 9.73 Å². The van der Waals surface area contributed by atoms with E-state index in [0.29, 0.717) is 11.5 Å². The van der Waals surface area contributed by atoms with E-state index in [2.05, 4.69) is 45.1 Å². The van der Waals surface area contributed by atoms with Crippen LogP contribution in [-0.4, -0.2) is 32.1 Å². The number of hydrogen-bond acceptors (Lipinski definition) is 3. The molecule has 1 heterocycles. The zero-order chi connectivity index (χ0) is 12.9. The molecular weight excluding hydrogens is 212 g/mol. The summed E-state index contributed by atoms with van der Waals surface area (Å²) in [5, 5.41) is 3.51. The average molecular weight is 238 g/mol. The Bertz CT molecular complexity index is 299. The molecule has 0 bridgehead atoms. The molecule has 1 unspecified atom stereocenters. The van der Waals surface area contributed by atoms with Gasteiger partial charge in [0.05, 0.1) is 12.3 Å². The second-order valence-electron chi connectivity index (χ2n) is 6.01. The topological polar surface area (TPSA) is 28.4 Å². The van der Waals surface area contributed by atoms with Crippen molar-refractivity contribution in [2.75, 3.05) is 27.2 Å². The molecule has 0 aliphatic rings. The molecule has 0 amide bonds. The van der Waals surface area contributed by atoms with Gasteiger partial charge in [-0.3, -0.25) is 4.90 Å². The van der Waals surface area contributed by atoms with Crippen molar-refractivity contribution in [1.82, 2.24) is 10.2 Å². The van der Waals surface area contributed by atoms with Crippen molar-refractivity contribution >= 4 is 0 Å². The standard InChI is InChI=1S/C14H26N2O/c1-14(2,3)8-9-15-11-12(16(4)5)13-7-6-10-17-13/h6-7,10,12,15H,8-9,11H2,1-5H3. The molecule has 0 fully saturated rings. The van der Waals surface area contributed by atoms with Crippen LogP contribution in [0, 0.1) is 5.41 Å². The fourth-order valence-corrected chi connectivity index (χ4v) is 1.72. The Morgan fingerprint density at radius 3 is 2.53 bits per heavy atom. The van der Waals surface area contributed by atoms with E-state index in [-0.39, 0.29) is 0 Å². The summed E-state index contributed by atoms with van der Waals surface area (Å²) in [7, 11) is 4.16. The van der Waals surface area contributed by atoms with Gasteiger partial charge in [-0.25, -0.2) is 0 Å². The van der Waals surface area contributed by atoms with Crippen LogP contribution >= 0.6 is 0 Å². The van der Waals surface area contributed by atoms with Gasteiger partial charge in [-0.15, -0.1) is 0 Å². The van der Waals surface area contributed by atoms with Crippen molar-refractivity contribution in [3.63, 3.8) is 0 Å². The highest BCUT2D eigenvalue weighted by Gasteiger charge is 2.16. The molecular formula is C14H26N2O. The van der Waals surface area contributed by atoms with Crippen LogP contribution in [0.1, 0.15) is 39.0 Å². The maximum atomic E-state index is 5.47. The molecule has 0 radical (unpaired) electrons. The first-order valence-corrected chi connectivity index (χ1v) is 6.31. The summed E-state index contributed by atoms with van der Waals surface area (Å²) < 4.78 is 5.47. The van der Waals surface area contributed by atoms with Crippen molar-refractivity contribution in [3.8, 4) is 0 Å². The largest absolute Gasteiger partial charge is 0.468 e.